The molecular formula is C20H22N6O2. The quantitative estimate of drug-likeness (QED) is 0.736. The second kappa shape index (κ2) is 7.99. The van der Waals surface area contributed by atoms with Crippen LogP contribution < -0.4 is 5.32 Å². The van der Waals surface area contributed by atoms with Gasteiger partial charge in [0.25, 0.3) is 11.8 Å². The molecule has 3 aromatic rings. The molecule has 0 spiro atoms. The summed E-state index contributed by atoms with van der Waals surface area (Å²) < 4.78 is 1.76. The molecular weight excluding hydrogens is 356 g/mol. The number of hydrogen-bond donors (Lipinski definition) is 1. The Morgan fingerprint density at radius 1 is 1.14 bits per heavy atom. The number of benzene rings is 1. The minimum atomic E-state index is -0.267. The summed E-state index contributed by atoms with van der Waals surface area (Å²) in [6.45, 7) is 4.09. The van der Waals surface area contributed by atoms with Crippen LogP contribution >= 0.6 is 0 Å². The van der Waals surface area contributed by atoms with Crippen LogP contribution in [0, 0.1) is 13.8 Å². The third-order valence-corrected chi connectivity index (χ3v) is 4.40. The summed E-state index contributed by atoms with van der Waals surface area (Å²) in [5.74, 6) is 0.246. The average Bonchev–Trinajstić information content (AvgIpc) is 3.07. The lowest BCUT2D eigenvalue weighted by Crippen LogP contribution is -2.27. The van der Waals surface area contributed by atoms with E-state index in [1.54, 1.807) is 47.2 Å². The maximum atomic E-state index is 12.8. The van der Waals surface area contributed by atoms with Gasteiger partial charge in [-0.15, -0.1) is 10.2 Å². The van der Waals surface area contributed by atoms with E-state index in [-0.39, 0.29) is 11.8 Å². The first-order valence-electron chi connectivity index (χ1n) is 8.77. The van der Waals surface area contributed by atoms with Gasteiger partial charge in [-0.2, -0.15) is 0 Å². The number of nitrogens with zero attached hydrogens (tertiary/aromatic N) is 5. The van der Waals surface area contributed by atoms with Gasteiger partial charge in [-0.05, 0) is 43.2 Å². The lowest BCUT2D eigenvalue weighted by molar-refractivity contribution is 0.0780. The molecule has 2 aromatic heterocycles. The predicted molar refractivity (Wildman–Crippen MR) is 105 cm³/mol. The molecule has 3 rings (SSSR count). The standard InChI is InChI=1S/C20H22N6O2/c1-13-7-16(10-21-9-13)19(27)23-17-8-15(6-5-14(17)2)20(28)25(3)11-18-24-22-12-26(18)4/h5-10,12H,11H2,1-4H3,(H,23,27). The third-order valence-electron chi connectivity index (χ3n) is 4.40. The second-order valence-corrected chi connectivity index (χ2v) is 6.75. The van der Waals surface area contributed by atoms with Crippen LogP contribution in [0.5, 0.6) is 0 Å². The summed E-state index contributed by atoms with van der Waals surface area (Å²) in [6.07, 6.45) is 4.79. The normalized spacial score (nSPS) is 10.6. The van der Waals surface area contributed by atoms with E-state index >= 15 is 0 Å². The molecule has 0 atom stereocenters. The molecule has 28 heavy (non-hydrogen) atoms. The second-order valence-electron chi connectivity index (χ2n) is 6.75. The number of aryl methyl sites for hydroxylation is 3. The van der Waals surface area contributed by atoms with Crippen molar-refractivity contribution in [1.29, 1.82) is 0 Å². The Bertz CT molecular complexity index is 1030. The number of hydrogen-bond acceptors (Lipinski definition) is 5. The summed E-state index contributed by atoms with van der Waals surface area (Å²) in [5, 5.41) is 10.7. The lowest BCUT2D eigenvalue weighted by atomic mass is 10.1. The van der Waals surface area contributed by atoms with E-state index in [1.807, 2.05) is 27.0 Å². The van der Waals surface area contributed by atoms with Crippen LogP contribution in [0.25, 0.3) is 0 Å². The van der Waals surface area contributed by atoms with Crippen molar-refractivity contribution in [3.8, 4) is 0 Å². The molecule has 1 N–H and O–H groups in total. The highest BCUT2D eigenvalue weighted by atomic mass is 16.2. The smallest absolute Gasteiger partial charge is 0.257 e. The minimum Gasteiger partial charge on any atom is -0.334 e. The van der Waals surface area contributed by atoms with E-state index in [2.05, 4.69) is 20.5 Å². The van der Waals surface area contributed by atoms with Crippen LogP contribution in [-0.4, -0.2) is 43.5 Å². The van der Waals surface area contributed by atoms with Crippen molar-refractivity contribution in [2.45, 2.75) is 20.4 Å². The molecule has 0 saturated heterocycles. The molecule has 0 aliphatic heterocycles. The van der Waals surface area contributed by atoms with Crippen LogP contribution in [-0.2, 0) is 13.6 Å². The predicted octanol–water partition coefficient (Wildman–Crippen LogP) is 2.35. The number of aromatic nitrogens is 4. The molecule has 0 saturated carbocycles. The zero-order valence-corrected chi connectivity index (χ0v) is 16.3. The SMILES string of the molecule is Cc1cncc(C(=O)Nc2cc(C(=O)N(C)Cc3nncn3C)ccc2C)c1. The highest BCUT2D eigenvalue weighted by molar-refractivity contribution is 6.05. The fourth-order valence-corrected chi connectivity index (χ4v) is 2.72. The molecule has 0 bridgehead atoms. The zero-order chi connectivity index (χ0) is 20.3. The van der Waals surface area contributed by atoms with Gasteiger partial charge in [0.05, 0.1) is 12.1 Å². The van der Waals surface area contributed by atoms with Gasteiger partial charge in [0, 0.05) is 37.7 Å². The molecule has 1 aromatic carbocycles. The van der Waals surface area contributed by atoms with Gasteiger partial charge in [0.1, 0.15) is 6.33 Å². The number of carbonyl (C=O) groups is 2. The van der Waals surface area contributed by atoms with Crippen molar-refractivity contribution in [2.24, 2.45) is 7.05 Å². The topological polar surface area (TPSA) is 93.0 Å². The Morgan fingerprint density at radius 3 is 2.61 bits per heavy atom. The average molecular weight is 378 g/mol. The van der Waals surface area contributed by atoms with Crippen LogP contribution in [0.3, 0.4) is 0 Å². The van der Waals surface area contributed by atoms with Gasteiger partial charge in [0.2, 0.25) is 0 Å². The Morgan fingerprint density at radius 2 is 1.93 bits per heavy atom. The van der Waals surface area contributed by atoms with Gasteiger partial charge < -0.3 is 14.8 Å². The van der Waals surface area contributed by atoms with Crippen LogP contribution in [0.2, 0.25) is 0 Å². The lowest BCUT2D eigenvalue weighted by Gasteiger charge is -2.18. The number of carbonyl (C=O) groups excluding carboxylic acids is 2. The largest absolute Gasteiger partial charge is 0.334 e. The summed E-state index contributed by atoms with van der Waals surface area (Å²) in [4.78, 5) is 30.9. The van der Waals surface area contributed by atoms with Gasteiger partial charge in [-0.3, -0.25) is 14.6 Å². The molecule has 144 valence electrons. The number of amides is 2. The highest BCUT2D eigenvalue weighted by Gasteiger charge is 2.16. The fraction of sp³-hybridized carbons (Fsp3) is 0.250. The summed E-state index contributed by atoms with van der Waals surface area (Å²) in [5.41, 5.74) is 3.30. The van der Waals surface area contributed by atoms with Crippen molar-refractivity contribution in [1.82, 2.24) is 24.6 Å². The van der Waals surface area contributed by atoms with Crippen molar-refractivity contribution >= 4 is 17.5 Å². The number of nitrogens with one attached hydrogen (secondary N) is 1. The van der Waals surface area contributed by atoms with E-state index in [0.717, 1.165) is 11.1 Å². The van der Waals surface area contributed by atoms with Crippen molar-refractivity contribution in [2.75, 3.05) is 12.4 Å². The zero-order valence-electron chi connectivity index (χ0n) is 16.3. The maximum absolute atomic E-state index is 12.8. The van der Waals surface area contributed by atoms with Gasteiger partial charge in [-0.1, -0.05) is 6.07 Å². The van der Waals surface area contributed by atoms with E-state index in [9.17, 15) is 9.59 Å². The first kappa shape index (κ1) is 19.2. The van der Waals surface area contributed by atoms with Gasteiger partial charge in [0.15, 0.2) is 5.82 Å². The van der Waals surface area contributed by atoms with Gasteiger partial charge in [-0.25, -0.2) is 0 Å². The molecule has 0 radical (unpaired) electrons. The van der Waals surface area contributed by atoms with Crippen molar-refractivity contribution < 1.29 is 9.59 Å². The number of anilines is 1. The molecule has 0 fully saturated rings. The maximum Gasteiger partial charge on any atom is 0.257 e. The Balaban J connectivity index is 1.77. The molecule has 2 heterocycles. The monoisotopic (exact) mass is 378 g/mol. The number of pyridine rings is 1. The Hall–Kier alpha value is -3.55. The molecule has 0 unspecified atom stereocenters. The summed E-state index contributed by atoms with van der Waals surface area (Å²) in [7, 11) is 3.53. The van der Waals surface area contributed by atoms with E-state index < -0.39 is 0 Å². The first-order chi connectivity index (χ1) is 13.3. The fourth-order valence-electron chi connectivity index (χ4n) is 2.72. The molecule has 0 aliphatic rings. The summed E-state index contributed by atoms with van der Waals surface area (Å²) in [6, 6.07) is 7.01. The molecule has 0 aliphatic carbocycles. The van der Waals surface area contributed by atoms with Crippen LogP contribution in [0.4, 0.5) is 5.69 Å². The first-order valence-corrected chi connectivity index (χ1v) is 8.77. The highest BCUT2D eigenvalue weighted by Crippen LogP contribution is 2.19. The van der Waals surface area contributed by atoms with E-state index in [1.165, 1.54) is 6.20 Å². The molecule has 8 heteroatoms. The minimum absolute atomic E-state index is 0.171. The Labute approximate surface area is 163 Å². The summed E-state index contributed by atoms with van der Waals surface area (Å²) >= 11 is 0. The molecule has 2 amide bonds. The van der Waals surface area contributed by atoms with Crippen LogP contribution in [0.15, 0.2) is 43.0 Å². The van der Waals surface area contributed by atoms with Crippen molar-refractivity contribution in [3.63, 3.8) is 0 Å². The van der Waals surface area contributed by atoms with E-state index in [0.29, 0.717) is 29.2 Å². The third kappa shape index (κ3) is 4.22. The van der Waals surface area contributed by atoms with Crippen LogP contribution in [0.1, 0.15) is 37.7 Å². The van der Waals surface area contributed by atoms with Gasteiger partial charge >= 0.3 is 0 Å². The molecule has 8 nitrogen and oxygen atoms in total. The Kier molecular flexibility index (Phi) is 5.49. The number of rotatable bonds is 5. The van der Waals surface area contributed by atoms with E-state index in [4.69, 9.17) is 0 Å². The van der Waals surface area contributed by atoms with Crippen molar-refractivity contribution in [3.05, 3.63) is 71.1 Å².